The van der Waals surface area contributed by atoms with Crippen molar-refractivity contribution in [2.45, 2.75) is 44.9 Å². The smallest absolute Gasteiger partial charge is 0.260 e. The van der Waals surface area contributed by atoms with Crippen molar-refractivity contribution in [2.75, 3.05) is 0 Å². The molecule has 0 amide bonds. The van der Waals surface area contributed by atoms with E-state index in [0.29, 0.717) is 12.2 Å². The number of aromatic nitrogens is 1. The number of oxazole rings is 1. The number of hydrogen-bond donors (Lipinski definition) is 0. The van der Waals surface area contributed by atoms with Crippen molar-refractivity contribution >= 4 is 6.29 Å². The van der Waals surface area contributed by atoms with Crippen molar-refractivity contribution in [3.63, 3.8) is 0 Å². The highest BCUT2D eigenvalue weighted by molar-refractivity contribution is 5.67. The van der Waals surface area contributed by atoms with Crippen LogP contribution in [0.2, 0.25) is 0 Å². The number of nitrogens with zero attached hydrogens (tertiary/aromatic N) is 1. The Morgan fingerprint density at radius 1 is 1.36 bits per heavy atom. The van der Waals surface area contributed by atoms with Crippen LogP contribution >= 0.6 is 0 Å². The average molecular weight is 193 g/mol. The zero-order valence-electron chi connectivity index (χ0n) is 8.45. The van der Waals surface area contributed by atoms with Crippen LogP contribution in [0.25, 0.3) is 0 Å². The third kappa shape index (κ3) is 1.72. The molecule has 1 heterocycles. The van der Waals surface area contributed by atoms with Crippen LogP contribution in [-0.4, -0.2) is 11.3 Å². The minimum absolute atomic E-state index is 0.225. The monoisotopic (exact) mass is 193 g/mol. The summed E-state index contributed by atoms with van der Waals surface area (Å²) in [6.45, 7) is 1.92. The Kier molecular flexibility index (Phi) is 2.66. The van der Waals surface area contributed by atoms with Crippen molar-refractivity contribution in [3.05, 3.63) is 17.3 Å². The molecule has 14 heavy (non-hydrogen) atoms. The first kappa shape index (κ1) is 9.44. The van der Waals surface area contributed by atoms with Gasteiger partial charge < -0.3 is 4.42 Å². The Morgan fingerprint density at radius 2 is 2.07 bits per heavy atom. The largest absolute Gasteiger partial charge is 0.439 e. The molecule has 0 saturated heterocycles. The third-order valence-electron chi connectivity index (χ3n) is 2.93. The maximum Gasteiger partial charge on any atom is 0.260 e. The summed E-state index contributed by atoms with van der Waals surface area (Å²) in [6, 6.07) is 0. The minimum atomic E-state index is 0.225. The summed E-state index contributed by atoms with van der Waals surface area (Å²) in [5.41, 5.74) is 0.888. The van der Waals surface area contributed by atoms with Gasteiger partial charge in [-0.1, -0.05) is 19.3 Å². The van der Waals surface area contributed by atoms with E-state index < -0.39 is 0 Å². The molecule has 76 valence electrons. The van der Waals surface area contributed by atoms with E-state index in [1.165, 1.54) is 32.1 Å². The van der Waals surface area contributed by atoms with Gasteiger partial charge in [-0.05, 0) is 19.8 Å². The van der Waals surface area contributed by atoms with Crippen molar-refractivity contribution < 1.29 is 9.21 Å². The number of hydrogen-bond acceptors (Lipinski definition) is 3. The molecular weight excluding hydrogens is 178 g/mol. The van der Waals surface area contributed by atoms with Crippen LogP contribution in [-0.2, 0) is 0 Å². The van der Waals surface area contributed by atoms with Gasteiger partial charge in [-0.3, -0.25) is 4.79 Å². The first-order valence-electron chi connectivity index (χ1n) is 5.24. The van der Waals surface area contributed by atoms with Gasteiger partial charge in [-0.2, -0.15) is 0 Å². The van der Waals surface area contributed by atoms with Crippen LogP contribution in [0.5, 0.6) is 0 Å². The molecule has 1 saturated carbocycles. The number of rotatable bonds is 2. The molecule has 0 spiro atoms. The molecule has 0 aromatic carbocycles. The average Bonchev–Trinajstić information content (AvgIpc) is 2.61. The maximum absolute atomic E-state index is 10.5. The van der Waals surface area contributed by atoms with Crippen LogP contribution in [0.4, 0.5) is 0 Å². The van der Waals surface area contributed by atoms with Gasteiger partial charge in [0.15, 0.2) is 0 Å². The zero-order valence-corrected chi connectivity index (χ0v) is 8.45. The normalized spacial score (nSPS) is 18.4. The second-order valence-electron chi connectivity index (χ2n) is 3.95. The van der Waals surface area contributed by atoms with Crippen LogP contribution in [0.1, 0.15) is 60.2 Å². The first-order valence-corrected chi connectivity index (χ1v) is 5.24. The van der Waals surface area contributed by atoms with Gasteiger partial charge >= 0.3 is 0 Å². The van der Waals surface area contributed by atoms with E-state index in [9.17, 15) is 4.79 Å². The molecule has 1 aromatic heterocycles. The molecule has 1 fully saturated rings. The fraction of sp³-hybridized carbons (Fsp3) is 0.636. The SMILES string of the molecule is Cc1nc(C=O)oc1C1CCCCC1. The van der Waals surface area contributed by atoms with E-state index in [1.807, 2.05) is 6.92 Å². The standard InChI is InChI=1S/C11H15NO2/c1-8-11(14-10(7-13)12-8)9-5-3-2-4-6-9/h7,9H,2-6H2,1H3. The fourth-order valence-electron chi connectivity index (χ4n) is 2.22. The topological polar surface area (TPSA) is 43.1 Å². The fourth-order valence-corrected chi connectivity index (χ4v) is 2.22. The molecule has 0 N–H and O–H groups in total. The molecule has 1 aliphatic rings. The highest BCUT2D eigenvalue weighted by atomic mass is 16.4. The number of carbonyl (C=O) groups is 1. The lowest BCUT2D eigenvalue weighted by Gasteiger charge is -2.19. The molecule has 1 aliphatic carbocycles. The van der Waals surface area contributed by atoms with E-state index in [4.69, 9.17) is 4.42 Å². The molecule has 0 radical (unpaired) electrons. The van der Waals surface area contributed by atoms with Crippen LogP contribution < -0.4 is 0 Å². The Balaban J connectivity index is 2.20. The lowest BCUT2D eigenvalue weighted by atomic mass is 9.87. The molecule has 0 bridgehead atoms. The lowest BCUT2D eigenvalue weighted by molar-refractivity contribution is 0.109. The third-order valence-corrected chi connectivity index (χ3v) is 2.93. The summed E-state index contributed by atoms with van der Waals surface area (Å²) >= 11 is 0. The maximum atomic E-state index is 10.5. The lowest BCUT2D eigenvalue weighted by Crippen LogP contribution is -2.04. The van der Waals surface area contributed by atoms with Crippen molar-refractivity contribution in [1.82, 2.24) is 4.98 Å². The zero-order chi connectivity index (χ0) is 9.97. The number of carbonyl (C=O) groups excluding carboxylic acids is 1. The molecule has 2 rings (SSSR count). The molecule has 3 heteroatoms. The van der Waals surface area contributed by atoms with Crippen LogP contribution in [0, 0.1) is 6.92 Å². The summed E-state index contributed by atoms with van der Waals surface area (Å²) in [4.78, 5) is 14.6. The summed E-state index contributed by atoms with van der Waals surface area (Å²) in [5, 5.41) is 0. The molecule has 1 aromatic rings. The van der Waals surface area contributed by atoms with E-state index in [2.05, 4.69) is 4.98 Å². The van der Waals surface area contributed by atoms with Crippen molar-refractivity contribution in [3.8, 4) is 0 Å². The van der Waals surface area contributed by atoms with Gasteiger partial charge in [-0.25, -0.2) is 4.98 Å². The Bertz CT molecular complexity index is 324. The Morgan fingerprint density at radius 3 is 2.64 bits per heavy atom. The predicted octanol–water partition coefficient (Wildman–Crippen LogP) is 2.84. The van der Waals surface area contributed by atoms with E-state index >= 15 is 0 Å². The highest BCUT2D eigenvalue weighted by Gasteiger charge is 2.22. The van der Waals surface area contributed by atoms with Gasteiger partial charge in [0.25, 0.3) is 5.89 Å². The molecule has 0 unspecified atom stereocenters. The summed E-state index contributed by atoms with van der Waals surface area (Å²) in [5.74, 6) is 1.65. The first-order chi connectivity index (χ1) is 6.81. The summed E-state index contributed by atoms with van der Waals surface area (Å²) in [7, 11) is 0. The van der Waals surface area contributed by atoms with E-state index in [0.717, 1.165) is 11.5 Å². The van der Waals surface area contributed by atoms with Gasteiger partial charge in [0.2, 0.25) is 6.29 Å². The van der Waals surface area contributed by atoms with Crippen molar-refractivity contribution in [2.24, 2.45) is 0 Å². The second kappa shape index (κ2) is 3.95. The second-order valence-corrected chi connectivity index (χ2v) is 3.95. The van der Waals surface area contributed by atoms with Gasteiger partial charge in [0.05, 0.1) is 5.69 Å². The number of aryl methyl sites for hydroxylation is 1. The van der Waals surface area contributed by atoms with Crippen molar-refractivity contribution in [1.29, 1.82) is 0 Å². The van der Waals surface area contributed by atoms with Gasteiger partial charge in [0.1, 0.15) is 5.76 Å². The predicted molar refractivity (Wildman–Crippen MR) is 52.5 cm³/mol. The Hall–Kier alpha value is -1.12. The quantitative estimate of drug-likeness (QED) is 0.678. The van der Waals surface area contributed by atoms with Gasteiger partial charge in [-0.15, -0.1) is 0 Å². The molecule has 3 nitrogen and oxygen atoms in total. The molecule has 0 atom stereocenters. The van der Waals surface area contributed by atoms with Gasteiger partial charge in [0, 0.05) is 5.92 Å². The summed E-state index contributed by atoms with van der Waals surface area (Å²) < 4.78 is 5.42. The minimum Gasteiger partial charge on any atom is -0.439 e. The van der Waals surface area contributed by atoms with Crippen LogP contribution in [0.15, 0.2) is 4.42 Å². The van der Waals surface area contributed by atoms with E-state index in [-0.39, 0.29) is 5.89 Å². The Labute approximate surface area is 83.5 Å². The molecular formula is C11H15NO2. The van der Waals surface area contributed by atoms with E-state index in [1.54, 1.807) is 0 Å². The summed E-state index contributed by atoms with van der Waals surface area (Å²) in [6.07, 6.45) is 6.88. The van der Waals surface area contributed by atoms with Crippen LogP contribution in [0.3, 0.4) is 0 Å². The highest BCUT2D eigenvalue weighted by Crippen LogP contribution is 2.34. The molecule has 0 aliphatic heterocycles. The number of aldehydes is 1.